The molecular weight excluding hydrogens is 1390 g/mol. The van der Waals surface area contributed by atoms with Crippen LogP contribution in [-0.2, 0) is 5.41 Å². The van der Waals surface area contributed by atoms with E-state index in [-0.39, 0.29) is 5.41 Å². The second-order valence-corrected chi connectivity index (χ2v) is 30.4. The number of benzene rings is 8. The van der Waals surface area contributed by atoms with Crippen LogP contribution in [0, 0.1) is 0 Å². The molecule has 0 saturated carbocycles. The third kappa shape index (κ3) is 37.8. The molecule has 0 saturated heterocycles. The van der Waals surface area contributed by atoms with Gasteiger partial charge in [-0.3, -0.25) is 0 Å². The fourth-order valence-electron chi connectivity index (χ4n) is 10.6. The number of rotatable bonds is 30. The maximum Gasteiger partial charge on any atom is 0.161 e. The minimum atomic E-state index is 0.140. The fraction of sp³-hybridized carbons (Fsp3) is 0.510. The van der Waals surface area contributed by atoms with Gasteiger partial charge in [0.25, 0.3) is 0 Å². The van der Waals surface area contributed by atoms with Crippen molar-refractivity contribution in [1.82, 2.24) is 0 Å². The first-order valence-electron chi connectivity index (χ1n) is 40.2. The van der Waals surface area contributed by atoms with E-state index in [1.54, 1.807) is 64.0 Å². The Morgan fingerprint density at radius 2 is 0.514 bits per heavy atom. The summed E-state index contributed by atoms with van der Waals surface area (Å²) in [7, 11) is 15.1. The third-order valence-electron chi connectivity index (χ3n) is 18.0. The van der Waals surface area contributed by atoms with E-state index in [4.69, 9.17) is 61.6 Å². The summed E-state index contributed by atoms with van der Waals surface area (Å²) in [4.78, 5) is 0. The Morgan fingerprint density at radius 1 is 0.234 bits per heavy atom. The highest BCUT2D eigenvalue weighted by molar-refractivity contribution is 5.48. The van der Waals surface area contributed by atoms with E-state index in [0.29, 0.717) is 54.0 Å². The Labute approximate surface area is 675 Å². The topological polar surface area (TPSA) is 120 Å². The van der Waals surface area contributed by atoms with Gasteiger partial charge in [-0.2, -0.15) is 0 Å². The molecule has 0 radical (unpaired) electrons. The van der Waals surface area contributed by atoms with Gasteiger partial charge in [0.05, 0.1) is 90.4 Å². The fourth-order valence-corrected chi connectivity index (χ4v) is 10.6. The van der Waals surface area contributed by atoms with Crippen LogP contribution in [0.2, 0.25) is 0 Å². The molecule has 0 spiro atoms. The highest BCUT2D eigenvalue weighted by atomic mass is 16.5. The van der Waals surface area contributed by atoms with E-state index in [9.17, 15) is 0 Å². The lowest BCUT2D eigenvalue weighted by molar-refractivity contribution is 0.288. The molecule has 0 fully saturated rings. The molecule has 13 nitrogen and oxygen atoms in total. The SMILES string of the molecule is CCCCOc1cc(C(C)C)ccc1OC.CCCCOc1ccc(C(C)C)cc1OC.CCCOc1ccc(C(C)C)cc1OC.CCOc1cc(C(C)C)ccc1OC.COc1cc(C(C)C)ccc1C(C)(C)C.COc1ccc(C(C)C)cc1.COc1ccc(C(C)C)cc1OC.COc1cccc(C(C)C)c1. The minimum absolute atomic E-state index is 0.140. The smallest absolute Gasteiger partial charge is 0.161 e. The zero-order chi connectivity index (χ0) is 83.8. The number of unbranched alkanes of at least 4 members (excludes halogenated alkanes) is 2. The van der Waals surface area contributed by atoms with E-state index in [1.165, 1.54) is 50.1 Å². The summed E-state index contributed by atoms with van der Waals surface area (Å²) in [6, 6.07) is 53.5. The molecule has 0 heterocycles. The summed E-state index contributed by atoms with van der Waals surface area (Å²) in [5.41, 5.74) is 11.8. The molecule has 0 unspecified atom stereocenters. The lowest BCUT2D eigenvalue weighted by Gasteiger charge is -2.23. The van der Waals surface area contributed by atoms with E-state index in [2.05, 4.69) is 243 Å². The maximum atomic E-state index is 5.73. The van der Waals surface area contributed by atoms with Gasteiger partial charge in [0.15, 0.2) is 57.5 Å². The summed E-state index contributed by atoms with van der Waals surface area (Å²) >= 11 is 0. The number of hydrogen-bond donors (Lipinski definition) is 0. The van der Waals surface area contributed by atoms with Crippen LogP contribution in [0.1, 0.15) is 289 Å². The van der Waals surface area contributed by atoms with Crippen LogP contribution in [0.4, 0.5) is 0 Å². The Balaban J connectivity index is 0.000000636. The lowest BCUT2D eigenvalue weighted by Crippen LogP contribution is -2.13. The average molecular weight is 1530 g/mol. The predicted octanol–water partition coefficient (Wildman–Crippen LogP) is 27.4. The van der Waals surface area contributed by atoms with Gasteiger partial charge >= 0.3 is 0 Å². The van der Waals surface area contributed by atoms with Gasteiger partial charge in [-0.25, -0.2) is 0 Å². The molecule has 618 valence electrons. The number of methoxy groups -OCH3 is 9. The second-order valence-electron chi connectivity index (χ2n) is 30.4. The minimum Gasteiger partial charge on any atom is -0.497 e. The molecule has 0 aliphatic rings. The van der Waals surface area contributed by atoms with E-state index < -0.39 is 0 Å². The van der Waals surface area contributed by atoms with Gasteiger partial charge in [-0.05, 0) is 220 Å². The van der Waals surface area contributed by atoms with E-state index in [0.717, 1.165) is 127 Å². The Morgan fingerprint density at radius 3 is 0.829 bits per heavy atom. The van der Waals surface area contributed by atoms with Crippen LogP contribution in [0.3, 0.4) is 0 Å². The Kier molecular flexibility index (Phi) is 50.1. The first kappa shape index (κ1) is 100. The molecule has 0 bridgehead atoms. The van der Waals surface area contributed by atoms with Gasteiger partial charge in [-0.15, -0.1) is 0 Å². The van der Waals surface area contributed by atoms with Crippen molar-refractivity contribution in [2.75, 3.05) is 90.4 Å². The normalized spacial score (nSPS) is 10.6. The molecule has 0 atom stereocenters. The predicted molar refractivity (Wildman–Crippen MR) is 470 cm³/mol. The van der Waals surface area contributed by atoms with E-state index >= 15 is 0 Å². The van der Waals surface area contributed by atoms with Crippen LogP contribution in [0.25, 0.3) is 0 Å². The molecule has 8 rings (SSSR count). The van der Waals surface area contributed by atoms with Gasteiger partial charge < -0.3 is 61.6 Å². The monoisotopic (exact) mass is 1530 g/mol. The highest BCUT2D eigenvalue weighted by Gasteiger charge is 2.20. The van der Waals surface area contributed by atoms with E-state index in [1.807, 2.05) is 73.7 Å². The quantitative estimate of drug-likeness (QED) is 0.0398. The maximum absolute atomic E-state index is 5.73. The molecule has 13 heteroatoms. The summed E-state index contributed by atoms with van der Waals surface area (Å²) in [5.74, 6) is 15.4. The number of hydrogen-bond acceptors (Lipinski definition) is 13. The third-order valence-corrected chi connectivity index (χ3v) is 18.0. The Bertz CT molecular complexity index is 3750. The zero-order valence-electron chi connectivity index (χ0n) is 74.8. The number of ether oxygens (including phenoxy) is 13. The summed E-state index contributed by atoms with van der Waals surface area (Å²) in [6.45, 7) is 52.7. The van der Waals surface area contributed by atoms with Crippen LogP contribution in [0.5, 0.6) is 74.7 Å². The van der Waals surface area contributed by atoms with Crippen molar-refractivity contribution < 1.29 is 61.6 Å². The van der Waals surface area contributed by atoms with Crippen molar-refractivity contribution in [2.24, 2.45) is 0 Å². The van der Waals surface area contributed by atoms with Crippen molar-refractivity contribution in [3.8, 4) is 74.7 Å². The van der Waals surface area contributed by atoms with Crippen molar-refractivity contribution in [2.45, 2.75) is 244 Å². The molecule has 111 heavy (non-hydrogen) atoms. The molecule has 0 amide bonds. The summed E-state index contributed by atoms with van der Waals surface area (Å²) in [6.07, 6.45) is 5.46. The van der Waals surface area contributed by atoms with Crippen molar-refractivity contribution >= 4 is 0 Å². The standard InChI is InChI=1S/2C14H22O2.C14H22O.C13H20O2.C12H18O2.C11H16O2.2C10H14O/c1-5-6-9-16-13-8-7-12(11(2)3)10-14(13)15-4;1-5-6-9-16-14-10-12(11(2)3)7-8-13(14)15-4;1-10(2)11-7-8-12(14(3,4)5)13(9-11)15-6;1-5-8-15-12-7-6-11(10(2)3)9-13(12)14-4;1-5-14-12-8-10(9(2)3)6-7-11(12)13-4;1-8(2)9-5-6-10(12-3)11(7-9)13-4;1-8(2)9-4-6-10(11-3)7-5-9;1-8(2)9-5-4-6-10(7-9)11-3/h2*7-8,10-11H,5-6,9H2,1-4H3;7-10H,1-6H3;6-7,9-10H,5,8H2,1-4H3;6-9H,5H2,1-4H3;5-8H,1-4H3;2*4-8H,1-3H3. The van der Waals surface area contributed by atoms with Gasteiger partial charge in [-0.1, -0.05) is 232 Å². The molecule has 0 N–H and O–H groups in total. The summed E-state index contributed by atoms with van der Waals surface area (Å²) < 4.78 is 69.6. The van der Waals surface area contributed by atoms with Gasteiger partial charge in [0.1, 0.15) is 17.2 Å². The molecule has 8 aromatic rings. The van der Waals surface area contributed by atoms with Crippen LogP contribution in [-0.4, -0.2) is 90.4 Å². The first-order valence-corrected chi connectivity index (χ1v) is 40.2. The van der Waals surface area contributed by atoms with Crippen LogP contribution < -0.4 is 61.6 Å². The van der Waals surface area contributed by atoms with Crippen LogP contribution in [0.15, 0.2) is 158 Å². The molecule has 8 aromatic carbocycles. The lowest BCUT2D eigenvalue weighted by atomic mass is 9.85. The zero-order valence-corrected chi connectivity index (χ0v) is 74.8. The van der Waals surface area contributed by atoms with Gasteiger partial charge in [0.2, 0.25) is 0 Å². The van der Waals surface area contributed by atoms with Crippen molar-refractivity contribution in [3.05, 3.63) is 208 Å². The Hall–Kier alpha value is -8.84. The van der Waals surface area contributed by atoms with Crippen LogP contribution >= 0.6 is 0 Å². The molecule has 0 aliphatic carbocycles. The molecule has 0 aromatic heterocycles. The van der Waals surface area contributed by atoms with Crippen molar-refractivity contribution in [1.29, 1.82) is 0 Å². The van der Waals surface area contributed by atoms with Crippen molar-refractivity contribution in [3.63, 3.8) is 0 Å². The van der Waals surface area contributed by atoms with Gasteiger partial charge in [0, 0.05) is 0 Å². The molecular formula is C98H148O13. The summed E-state index contributed by atoms with van der Waals surface area (Å²) in [5, 5.41) is 0. The average Bonchev–Trinajstić information content (AvgIpc) is 0.822. The largest absolute Gasteiger partial charge is 0.497 e. The molecule has 0 aliphatic heterocycles. The first-order chi connectivity index (χ1) is 52.8. The highest BCUT2D eigenvalue weighted by Crippen LogP contribution is 2.37. The second kappa shape index (κ2) is 55.6.